The van der Waals surface area contributed by atoms with Gasteiger partial charge in [0.05, 0.1) is 5.69 Å². The zero-order valence-corrected chi connectivity index (χ0v) is 9.27. The lowest BCUT2D eigenvalue weighted by atomic mass is 10.2. The van der Waals surface area contributed by atoms with Crippen LogP contribution < -0.4 is 0 Å². The van der Waals surface area contributed by atoms with Crippen LogP contribution in [0.25, 0.3) is 5.69 Å². The van der Waals surface area contributed by atoms with Crippen molar-refractivity contribution < 1.29 is 9.90 Å². The molecule has 1 aromatic heterocycles. The van der Waals surface area contributed by atoms with Crippen LogP contribution in [0.15, 0.2) is 30.7 Å². The van der Waals surface area contributed by atoms with Gasteiger partial charge in [-0.3, -0.25) is 0 Å². The molecule has 1 N–H and O–H groups in total. The molecule has 0 aliphatic carbocycles. The van der Waals surface area contributed by atoms with Crippen molar-refractivity contribution in [2.24, 2.45) is 0 Å². The number of benzene rings is 1. The Bertz CT molecular complexity index is 549. The molecule has 0 amide bonds. The van der Waals surface area contributed by atoms with E-state index in [0.29, 0.717) is 5.02 Å². The predicted molar refractivity (Wildman–Crippen MR) is 60.3 cm³/mol. The first kappa shape index (κ1) is 10.7. The number of aromatic nitrogens is 2. The quantitative estimate of drug-likeness (QED) is 0.872. The number of carboxylic acids is 1. The van der Waals surface area contributed by atoms with Gasteiger partial charge in [-0.1, -0.05) is 17.7 Å². The van der Waals surface area contributed by atoms with E-state index >= 15 is 0 Å². The van der Waals surface area contributed by atoms with Crippen LogP contribution in [0.5, 0.6) is 0 Å². The summed E-state index contributed by atoms with van der Waals surface area (Å²) < 4.78 is 1.64. The molecular weight excluding hydrogens is 228 g/mol. The molecule has 0 saturated heterocycles. The fourth-order valence-corrected chi connectivity index (χ4v) is 1.61. The Labute approximate surface area is 97.1 Å². The highest BCUT2D eigenvalue weighted by Gasteiger charge is 2.09. The molecule has 1 heterocycles. The summed E-state index contributed by atoms with van der Waals surface area (Å²) in [5.41, 5.74) is 1.73. The predicted octanol–water partition coefficient (Wildman–Crippen LogP) is 2.53. The fraction of sp³-hybridized carbons (Fsp3) is 0.0909. The zero-order chi connectivity index (χ0) is 11.7. The van der Waals surface area contributed by atoms with Gasteiger partial charge < -0.3 is 9.67 Å². The number of nitrogens with zero attached hydrogens (tertiary/aromatic N) is 2. The Morgan fingerprint density at radius 3 is 2.88 bits per heavy atom. The number of carbonyl (C=O) groups is 1. The Hall–Kier alpha value is -1.81. The second-order valence-corrected chi connectivity index (χ2v) is 3.76. The van der Waals surface area contributed by atoms with Gasteiger partial charge in [-0.05, 0) is 24.6 Å². The van der Waals surface area contributed by atoms with E-state index in [4.69, 9.17) is 16.7 Å². The van der Waals surface area contributed by atoms with E-state index in [1.54, 1.807) is 10.6 Å². The van der Waals surface area contributed by atoms with Crippen molar-refractivity contribution in [2.45, 2.75) is 6.92 Å². The normalized spacial score (nSPS) is 10.4. The number of hydrogen-bond acceptors (Lipinski definition) is 2. The van der Waals surface area contributed by atoms with Crippen LogP contribution in [0.3, 0.4) is 0 Å². The van der Waals surface area contributed by atoms with E-state index in [0.717, 1.165) is 11.3 Å². The summed E-state index contributed by atoms with van der Waals surface area (Å²) >= 11 is 5.98. The van der Waals surface area contributed by atoms with Crippen LogP contribution in [0.1, 0.15) is 16.1 Å². The highest BCUT2D eigenvalue weighted by molar-refractivity contribution is 6.31. The summed E-state index contributed by atoms with van der Waals surface area (Å²) in [7, 11) is 0. The van der Waals surface area contributed by atoms with Gasteiger partial charge in [-0.25, -0.2) is 9.78 Å². The van der Waals surface area contributed by atoms with Gasteiger partial charge in [0.1, 0.15) is 6.33 Å². The maximum atomic E-state index is 10.7. The highest BCUT2D eigenvalue weighted by Crippen LogP contribution is 2.22. The van der Waals surface area contributed by atoms with Gasteiger partial charge in [0.2, 0.25) is 0 Å². The van der Waals surface area contributed by atoms with E-state index in [1.165, 1.54) is 12.5 Å². The lowest BCUT2D eigenvalue weighted by Crippen LogP contribution is -1.97. The SMILES string of the molecule is Cc1c(Cl)cccc1-n1cnc(C(=O)O)c1. The van der Waals surface area contributed by atoms with Crippen LogP contribution in [-0.4, -0.2) is 20.6 Å². The average Bonchev–Trinajstić information content (AvgIpc) is 2.71. The van der Waals surface area contributed by atoms with E-state index in [2.05, 4.69) is 4.98 Å². The standard InChI is InChI=1S/C11H9ClN2O2/c1-7-8(12)3-2-4-10(7)14-5-9(11(15)16)13-6-14/h2-6H,1H3,(H,15,16). The molecule has 2 aromatic rings. The van der Waals surface area contributed by atoms with Crippen LogP contribution >= 0.6 is 11.6 Å². The molecular formula is C11H9ClN2O2. The number of hydrogen-bond donors (Lipinski definition) is 1. The van der Waals surface area contributed by atoms with Crippen molar-refractivity contribution >= 4 is 17.6 Å². The van der Waals surface area contributed by atoms with Crippen molar-refractivity contribution in [3.8, 4) is 5.69 Å². The minimum absolute atomic E-state index is 0.0133. The van der Waals surface area contributed by atoms with Crippen molar-refractivity contribution in [3.63, 3.8) is 0 Å². The molecule has 0 unspecified atom stereocenters. The first-order valence-corrected chi connectivity index (χ1v) is 5.00. The first-order chi connectivity index (χ1) is 7.59. The van der Waals surface area contributed by atoms with Crippen LogP contribution in [0, 0.1) is 6.92 Å². The Morgan fingerprint density at radius 1 is 1.50 bits per heavy atom. The van der Waals surface area contributed by atoms with E-state index < -0.39 is 5.97 Å². The summed E-state index contributed by atoms with van der Waals surface area (Å²) in [6.07, 6.45) is 2.92. The molecule has 0 saturated carbocycles. The molecule has 5 heteroatoms. The molecule has 4 nitrogen and oxygen atoms in total. The molecule has 0 fully saturated rings. The third-order valence-electron chi connectivity index (χ3n) is 2.32. The van der Waals surface area contributed by atoms with Crippen LogP contribution in [-0.2, 0) is 0 Å². The van der Waals surface area contributed by atoms with Crippen molar-refractivity contribution in [1.82, 2.24) is 9.55 Å². The van der Waals surface area contributed by atoms with Gasteiger partial charge >= 0.3 is 5.97 Å². The molecule has 82 valence electrons. The number of carboxylic acid groups (broad SMARTS) is 1. The third-order valence-corrected chi connectivity index (χ3v) is 2.73. The molecule has 0 spiro atoms. The monoisotopic (exact) mass is 236 g/mol. The van der Waals surface area contributed by atoms with Gasteiger partial charge in [0.25, 0.3) is 0 Å². The fourth-order valence-electron chi connectivity index (χ4n) is 1.44. The van der Waals surface area contributed by atoms with E-state index in [1.807, 2.05) is 19.1 Å². The first-order valence-electron chi connectivity index (χ1n) is 4.62. The van der Waals surface area contributed by atoms with Crippen LogP contribution in [0.4, 0.5) is 0 Å². The Morgan fingerprint density at radius 2 is 2.25 bits per heavy atom. The lowest BCUT2D eigenvalue weighted by molar-refractivity contribution is 0.0691. The zero-order valence-electron chi connectivity index (χ0n) is 8.51. The van der Waals surface area contributed by atoms with Gasteiger partial charge in [-0.2, -0.15) is 0 Å². The van der Waals surface area contributed by atoms with Crippen LogP contribution in [0.2, 0.25) is 5.02 Å². The smallest absolute Gasteiger partial charge is 0.356 e. The number of halogens is 1. The number of imidazole rings is 1. The van der Waals surface area contributed by atoms with Gasteiger partial charge in [0.15, 0.2) is 5.69 Å². The molecule has 0 aliphatic heterocycles. The van der Waals surface area contributed by atoms with Gasteiger partial charge in [-0.15, -0.1) is 0 Å². The second-order valence-electron chi connectivity index (χ2n) is 3.36. The second kappa shape index (κ2) is 3.98. The molecule has 1 aromatic carbocycles. The van der Waals surface area contributed by atoms with E-state index in [9.17, 15) is 4.79 Å². The number of aromatic carboxylic acids is 1. The highest BCUT2D eigenvalue weighted by atomic mass is 35.5. The van der Waals surface area contributed by atoms with Crippen molar-refractivity contribution in [3.05, 3.63) is 47.0 Å². The van der Waals surface area contributed by atoms with E-state index in [-0.39, 0.29) is 5.69 Å². The summed E-state index contributed by atoms with van der Waals surface area (Å²) in [5, 5.41) is 9.41. The van der Waals surface area contributed by atoms with Gasteiger partial charge in [0, 0.05) is 11.2 Å². The summed E-state index contributed by atoms with van der Waals surface area (Å²) in [4.78, 5) is 14.5. The van der Waals surface area contributed by atoms with Crippen molar-refractivity contribution in [2.75, 3.05) is 0 Å². The topological polar surface area (TPSA) is 55.1 Å². The summed E-state index contributed by atoms with van der Waals surface area (Å²) in [6, 6.07) is 5.45. The van der Waals surface area contributed by atoms with Crippen molar-refractivity contribution in [1.29, 1.82) is 0 Å². The molecule has 16 heavy (non-hydrogen) atoms. The molecule has 0 aliphatic rings. The molecule has 2 rings (SSSR count). The maximum absolute atomic E-state index is 10.7. The summed E-state index contributed by atoms with van der Waals surface area (Å²) in [5.74, 6) is -1.04. The molecule has 0 bridgehead atoms. The lowest BCUT2D eigenvalue weighted by Gasteiger charge is -2.07. The Balaban J connectivity index is 2.50. The minimum atomic E-state index is -1.04. The average molecular weight is 237 g/mol. The number of rotatable bonds is 2. The molecule has 0 radical (unpaired) electrons. The Kier molecular flexibility index (Phi) is 2.66. The largest absolute Gasteiger partial charge is 0.476 e. The summed E-state index contributed by atoms with van der Waals surface area (Å²) in [6.45, 7) is 1.87. The minimum Gasteiger partial charge on any atom is -0.476 e. The maximum Gasteiger partial charge on any atom is 0.356 e. The third kappa shape index (κ3) is 1.79. The molecule has 0 atom stereocenters.